The Morgan fingerprint density at radius 3 is 3.06 bits per heavy atom. The molecule has 1 fully saturated rings. The Morgan fingerprint density at radius 2 is 2.29 bits per heavy atom. The summed E-state index contributed by atoms with van der Waals surface area (Å²) in [5.41, 5.74) is 2.33. The molecule has 0 N–H and O–H groups in total. The Bertz CT molecular complexity index is 512. The molecule has 1 saturated heterocycles. The lowest BCUT2D eigenvalue weighted by molar-refractivity contribution is 0.102. The molecule has 1 aromatic carbocycles. The molecular formula is C14H18N2O. The average Bonchev–Trinajstić information content (AvgIpc) is 2.97. The first-order valence-electron chi connectivity index (χ1n) is 6.47. The summed E-state index contributed by atoms with van der Waals surface area (Å²) in [5, 5.41) is 0. The Labute approximate surface area is 101 Å². The molecule has 17 heavy (non-hydrogen) atoms. The van der Waals surface area contributed by atoms with Crippen LogP contribution in [0.5, 0.6) is 0 Å². The van der Waals surface area contributed by atoms with Gasteiger partial charge in [0.1, 0.15) is 11.9 Å². The highest BCUT2D eigenvalue weighted by Gasteiger charge is 2.23. The molecule has 0 amide bonds. The van der Waals surface area contributed by atoms with E-state index in [9.17, 15) is 0 Å². The van der Waals surface area contributed by atoms with E-state index in [4.69, 9.17) is 9.72 Å². The number of para-hydroxylation sites is 2. The summed E-state index contributed by atoms with van der Waals surface area (Å²) in [6.45, 7) is 4.10. The zero-order valence-electron chi connectivity index (χ0n) is 10.2. The zero-order chi connectivity index (χ0) is 11.7. The number of hydrogen-bond donors (Lipinski definition) is 0. The molecule has 0 bridgehead atoms. The first-order valence-corrected chi connectivity index (χ1v) is 6.47. The number of benzene rings is 1. The summed E-state index contributed by atoms with van der Waals surface area (Å²) in [6, 6.07) is 8.36. The van der Waals surface area contributed by atoms with Crippen LogP contribution in [0.1, 0.15) is 38.1 Å². The summed E-state index contributed by atoms with van der Waals surface area (Å²) in [7, 11) is 0. The number of aromatic nitrogens is 2. The van der Waals surface area contributed by atoms with Crippen LogP contribution in [0.15, 0.2) is 24.3 Å². The minimum Gasteiger partial charge on any atom is -0.370 e. The van der Waals surface area contributed by atoms with Crippen molar-refractivity contribution in [1.82, 2.24) is 9.55 Å². The Morgan fingerprint density at radius 1 is 1.41 bits per heavy atom. The van der Waals surface area contributed by atoms with E-state index in [1.165, 1.54) is 5.52 Å². The summed E-state index contributed by atoms with van der Waals surface area (Å²) < 4.78 is 8.10. The van der Waals surface area contributed by atoms with Gasteiger partial charge in [0.05, 0.1) is 11.0 Å². The largest absolute Gasteiger partial charge is 0.370 e. The van der Waals surface area contributed by atoms with Crippen LogP contribution in [-0.4, -0.2) is 16.2 Å². The first kappa shape index (κ1) is 10.8. The second kappa shape index (κ2) is 4.49. The lowest BCUT2D eigenvalue weighted by atomic mass is 10.2. The van der Waals surface area contributed by atoms with Crippen LogP contribution in [0, 0.1) is 0 Å². The van der Waals surface area contributed by atoms with Gasteiger partial charge in [0.2, 0.25) is 0 Å². The monoisotopic (exact) mass is 230 g/mol. The molecule has 1 aromatic heterocycles. The number of aryl methyl sites for hydroxylation is 1. The predicted molar refractivity (Wildman–Crippen MR) is 68.0 cm³/mol. The van der Waals surface area contributed by atoms with Crippen LogP contribution in [0.2, 0.25) is 0 Å². The minimum absolute atomic E-state index is 0.203. The highest BCUT2D eigenvalue weighted by molar-refractivity contribution is 5.76. The van der Waals surface area contributed by atoms with Crippen molar-refractivity contribution in [3.05, 3.63) is 30.1 Å². The van der Waals surface area contributed by atoms with Crippen molar-refractivity contribution in [2.24, 2.45) is 0 Å². The van der Waals surface area contributed by atoms with Crippen molar-refractivity contribution in [2.75, 3.05) is 6.61 Å². The van der Waals surface area contributed by atoms with Gasteiger partial charge in [0, 0.05) is 13.2 Å². The van der Waals surface area contributed by atoms with Gasteiger partial charge in [-0.05, 0) is 31.4 Å². The number of imidazole rings is 1. The van der Waals surface area contributed by atoms with E-state index in [0.717, 1.165) is 43.8 Å². The van der Waals surface area contributed by atoms with Gasteiger partial charge in [0.15, 0.2) is 0 Å². The summed E-state index contributed by atoms with van der Waals surface area (Å²) in [5.74, 6) is 1.12. The molecule has 1 atom stereocenters. The molecule has 1 aliphatic rings. The smallest absolute Gasteiger partial charge is 0.139 e. The highest BCUT2D eigenvalue weighted by Crippen LogP contribution is 2.30. The van der Waals surface area contributed by atoms with Crippen molar-refractivity contribution < 1.29 is 4.74 Å². The number of fused-ring (bicyclic) bond motifs is 1. The van der Waals surface area contributed by atoms with E-state index in [-0.39, 0.29) is 6.10 Å². The van der Waals surface area contributed by atoms with Crippen molar-refractivity contribution in [1.29, 1.82) is 0 Å². The molecule has 2 aromatic rings. The molecule has 0 radical (unpaired) electrons. The van der Waals surface area contributed by atoms with E-state index < -0.39 is 0 Å². The van der Waals surface area contributed by atoms with Gasteiger partial charge in [-0.25, -0.2) is 4.98 Å². The quantitative estimate of drug-likeness (QED) is 0.809. The van der Waals surface area contributed by atoms with Gasteiger partial charge in [-0.3, -0.25) is 0 Å². The van der Waals surface area contributed by atoms with Gasteiger partial charge in [0.25, 0.3) is 0 Å². The van der Waals surface area contributed by atoms with Crippen molar-refractivity contribution in [2.45, 2.75) is 38.8 Å². The van der Waals surface area contributed by atoms with Crippen LogP contribution in [0.4, 0.5) is 0 Å². The van der Waals surface area contributed by atoms with E-state index in [0.29, 0.717) is 0 Å². The Balaban J connectivity index is 2.11. The fourth-order valence-electron chi connectivity index (χ4n) is 2.58. The van der Waals surface area contributed by atoms with Gasteiger partial charge in [-0.1, -0.05) is 19.1 Å². The highest BCUT2D eigenvalue weighted by atomic mass is 16.5. The molecule has 0 aliphatic carbocycles. The standard InChI is InChI=1S/C14H18N2O/c1-2-9-16-12-7-4-3-6-11(12)15-14(16)13-8-5-10-17-13/h3-4,6-7,13H,2,5,8-10H2,1H3. The molecule has 0 spiro atoms. The van der Waals surface area contributed by atoms with E-state index >= 15 is 0 Å². The lowest BCUT2D eigenvalue weighted by Gasteiger charge is -2.12. The number of hydrogen-bond acceptors (Lipinski definition) is 2. The van der Waals surface area contributed by atoms with Crippen LogP contribution in [-0.2, 0) is 11.3 Å². The fraction of sp³-hybridized carbons (Fsp3) is 0.500. The molecule has 3 rings (SSSR count). The fourth-order valence-corrected chi connectivity index (χ4v) is 2.58. The van der Waals surface area contributed by atoms with Crippen molar-refractivity contribution in [3.63, 3.8) is 0 Å². The maximum atomic E-state index is 5.77. The van der Waals surface area contributed by atoms with E-state index in [2.05, 4.69) is 29.7 Å². The first-order chi connectivity index (χ1) is 8.40. The third-order valence-electron chi connectivity index (χ3n) is 3.35. The third kappa shape index (κ3) is 1.84. The van der Waals surface area contributed by atoms with Crippen LogP contribution in [0.25, 0.3) is 11.0 Å². The normalized spacial score (nSPS) is 20.2. The van der Waals surface area contributed by atoms with E-state index in [1.54, 1.807) is 0 Å². The molecule has 90 valence electrons. The second-order valence-corrected chi connectivity index (χ2v) is 4.61. The molecule has 3 heteroatoms. The van der Waals surface area contributed by atoms with Gasteiger partial charge in [-0.15, -0.1) is 0 Å². The van der Waals surface area contributed by atoms with Gasteiger partial charge >= 0.3 is 0 Å². The average molecular weight is 230 g/mol. The van der Waals surface area contributed by atoms with Crippen molar-refractivity contribution in [3.8, 4) is 0 Å². The molecule has 2 heterocycles. The lowest BCUT2D eigenvalue weighted by Crippen LogP contribution is -2.08. The molecule has 1 unspecified atom stereocenters. The molecule has 1 aliphatic heterocycles. The number of nitrogens with zero attached hydrogens (tertiary/aromatic N) is 2. The second-order valence-electron chi connectivity index (χ2n) is 4.61. The Hall–Kier alpha value is -1.35. The van der Waals surface area contributed by atoms with Crippen LogP contribution < -0.4 is 0 Å². The number of rotatable bonds is 3. The van der Waals surface area contributed by atoms with Gasteiger partial charge in [-0.2, -0.15) is 0 Å². The summed E-state index contributed by atoms with van der Waals surface area (Å²) in [6.07, 6.45) is 3.58. The zero-order valence-corrected chi connectivity index (χ0v) is 10.2. The van der Waals surface area contributed by atoms with Crippen molar-refractivity contribution >= 4 is 11.0 Å². The topological polar surface area (TPSA) is 27.1 Å². The van der Waals surface area contributed by atoms with Crippen LogP contribution >= 0.6 is 0 Å². The predicted octanol–water partition coefficient (Wildman–Crippen LogP) is 3.30. The molecule has 0 saturated carbocycles. The summed E-state index contributed by atoms with van der Waals surface area (Å²) in [4.78, 5) is 4.75. The summed E-state index contributed by atoms with van der Waals surface area (Å²) >= 11 is 0. The third-order valence-corrected chi connectivity index (χ3v) is 3.35. The SMILES string of the molecule is CCCn1c(C2CCCO2)nc2ccccc21. The minimum atomic E-state index is 0.203. The van der Waals surface area contributed by atoms with E-state index in [1.807, 2.05) is 6.07 Å². The van der Waals surface area contributed by atoms with Crippen LogP contribution in [0.3, 0.4) is 0 Å². The Kier molecular flexibility index (Phi) is 2.85. The molecule has 3 nitrogen and oxygen atoms in total. The number of ether oxygens (including phenoxy) is 1. The maximum Gasteiger partial charge on any atom is 0.139 e. The maximum absolute atomic E-state index is 5.77. The van der Waals surface area contributed by atoms with Gasteiger partial charge < -0.3 is 9.30 Å². The molecular weight excluding hydrogens is 212 g/mol.